The molecular weight excluding hydrogens is 378 g/mol. The van der Waals surface area contributed by atoms with E-state index in [2.05, 4.69) is 25.2 Å². The molecule has 150 valence electrons. The molecule has 0 fully saturated rings. The van der Waals surface area contributed by atoms with Gasteiger partial charge in [0.2, 0.25) is 5.91 Å². The van der Waals surface area contributed by atoms with E-state index in [0.717, 1.165) is 37.1 Å². The predicted molar refractivity (Wildman–Crippen MR) is 108 cm³/mol. The van der Waals surface area contributed by atoms with Crippen molar-refractivity contribution in [2.24, 2.45) is 5.41 Å². The van der Waals surface area contributed by atoms with E-state index >= 15 is 0 Å². The number of carbonyl (C=O) groups excluding carboxylic acids is 2. The molecule has 0 saturated heterocycles. The molecule has 2 aromatic rings. The molecule has 7 nitrogen and oxygen atoms in total. The van der Waals surface area contributed by atoms with Crippen molar-refractivity contribution in [1.29, 1.82) is 0 Å². The summed E-state index contributed by atoms with van der Waals surface area (Å²) in [5, 5.41) is 6.00. The van der Waals surface area contributed by atoms with E-state index in [1.54, 1.807) is 25.5 Å². The first-order valence-electron chi connectivity index (χ1n) is 9.45. The van der Waals surface area contributed by atoms with Gasteiger partial charge in [-0.15, -0.1) is 0 Å². The Morgan fingerprint density at radius 2 is 2.04 bits per heavy atom. The summed E-state index contributed by atoms with van der Waals surface area (Å²) < 4.78 is 2.06. The average molecular weight is 404 g/mol. The fraction of sp³-hybridized carbons (Fsp3) is 0.500. The summed E-state index contributed by atoms with van der Waals surface area (Å²) in [6.45, 7) is 6.52. The molecule has 0 radical (unpaired) electrons. The lowest BCUT2D eigenvalue weighted by atomic mass is 9.86. The van der Waals surface area contributed by atoms with Gasteiger partial charge >= 0.3 is 0 Å². The van der Waals surface area contributed by atoms with E-state index in [1.165, 1.54) is 0 Å². The number of fused-ring (bicyclic) bond motifs is 1. The molecule has 3 heterocycles. The zero-order chi connectivity index (χ0) is 20.5. The van der Waals surface area contributed by atoms with Crippen molar-refractivity contribution in [1.82, 2.24) is 25.2 Å². The normalized spacial score (nSPS) is 14.9. The highest BCUT2D eigenvalue weighted by Gasteiger charge is 2.34. The number of carbonyl (C=O) groups is 2. The van der Waals surface area contributed by atoms with Crippen LogP contribution in [0.4, 0.5) is 0 Å². The Kier molecular flexibility index (Phi) is 5.74. The minimum absolute atomic E-state index is 0.230. The molecule has 0 aromatic carbocycles. The van der Waals surface area contributed by atoms with Crippen molar-refractivity contribution >= 4 is 23.4 Å². The average Bonchev–Trinajstić information content (AvgIpc) is 3.04. The molecular formula is C20H26ClN5O2. The van der Waals surface area contributed by atoms with E-state index in [-0.39, 0.29) is 11.8 Å². The minimum Gasteiger partial charge on any atom is -0.357 e. The summed E-state index contributed by atoms with van der Waals surface area (Å²) in [7, 11) is 1.56. The molecule has 0 unspecified atom stereocenters. The van der Waals surface area contributed by atoms with Crippen LogP contribution < -0.4 is 10.6 Å². The molecule has 28 heavy (non-hydrogen) atoms. The third-order valence-electron chi connectivity index (χ3n) is 5.00. The van der Waals surface area contributed by atoms with Crippen LogP contribution in [0, 0.1) is 5.41 Å². The van der Waals surface area contributed by atoms with Crippen molar-refractivity contribution in [3.63, 3.8) is 0 Å². The van der Waals surface area contributed by atoms with Gasteiger partial charge in [-0.25, -0.2) is 4.98 Å². The molecule has 1 aliphatic rings. The lowest BCUT2D eigenvalue weighted by molar-refractivity contribution is -0.124. The van der Waals surface area contributed by atoms with Gasteiger partial charge in [-0.2, -0.15) is 0 Å². The van der Waals surface area contributed by atoms with Gasteiger partial charge < -0.3 is 15.2 Å². The minimum atomic E-state index is -0.668. The number of rotatable bonds is 4. The number of hydrogen-bond acceptors (Lipinski definition) is 4. The zero-order valence-electron chi connectivity index (χ0n) is 16.7. The first-order valence-corrected chi connectivity index (χ1v) is 9.83. The van der Waals surface area contributed by atoms with Crippen LogP contribution >= 0.6 is 11.6 Å². The highest BCUT2D eigenvalue weighted by atomic mass is 35.5. The Morgan fingerprint density at radius 3 is 2.68 bits per heavy atom. The van der Waals surface area contributed by atoms with Crippen LogP contribution in [-0.2, 0) is 17.8 Å². The predicted octanol–water partition coefficient (Wildman–Crippen LogP) is 2.83. The molecule has 0 saturated carbocycles. The van der Waals surface area contributed by atoms with E-state index in [1.807, 2.05) is 20.8 Å². The van der Waals surface area contributed by atoms with Gasteiger partial charge in [0.05, 0.1) is 10.7 Å². The van der Waals surface area contributed by atoms with Crippen LogP contribution in [0.5, 0.6) is 0 Å². The third-order valence-corrected chi connectivity index (χ3v) is 5.30. The summed E-state index contributed by atoms with van der Waals surface area (Å²) in [5.41, 5.74) is 1.56. The molecule has 2 N–H and O–H groups in total. The van der Waals surface area contributed by atoms with Crippen LogP contribution in [0.1, 0.15) is 49.8 Å². The molecule has 2 amide bonds. The Balaban J connectivity index is 2.01. The topological polar surface area (TPSA) is 88.9 Å². The number of likely N-dealkylation sites (N-methyl/N-ethyl adjacent to an activating group) is 1. The van der Waals surface area contributed by atoms with Crippen LogP contribution in [0.3, 0.4) is 0 Å². The molecule has 0 aliphatic carbocycles. The maximum Gasteiger partial charge on any atom is 0.272 e. The molecule has 2 aromatic heterocycles. The van der Waals surface area contributed by atoms with Crippen molar-refractivity contribution in [3.8, 4) is 11.4 Å². The van der Waals surface area contributed by atoms with E-state index in [9.17, 15) is 9.59 Å². The highest BCUT2D eigenvalue weighted by Crippen LogP contribution is 2.31. The van der Waals surface area contributed by atoms with Gasteiger partial charge in [0, 0.05) is 31.5 Å². The first-order chi connectivity index (χ1) is 13.2. The Bertz CT molecular complexity index is 900. The quantitative estimate of drug-likeness (QED) is 0.821. The lowest BCUT2D eigenvalue weighted by Gasteiger charge is -2.29. The highest BCUT2D eigenvalue weighted by molar-refractivity contribution is 6.33. The van der Waals surface area contributed by atoms with Gasteiger partial charge in [-0.05, 0) is 30.7 Å². The van der Waals surface area contributed by atoms with Gasteiger partial charge in [0.1, 0.15) is 17.6 Å². The lowest BCUT2D eigenvalue weighted by Crippen LogP contribution is -2.53. The van der Waals surface area contributed by atoms with E-state index in [4.69, 9.17) is 11.6 Å². The second-order valence-corrected chi connectivity index (χ2v) is 8.49. The Hall–Kier alpha value is -2.41. The molecule has 0 spiro atoms. The number of hydrogen-bond donors (Lipinski definition) is 2. The molecule has 0 bridgehead atoms. The number of halogens is 1. The van der Waals surface area contributed by atoms with Crippen LogP contribution in [-0.4, -0.2) is 39.4 Å². The van der Waals surface area contributed by atoms with Crippen LogP contribution in [0.15, 0.2) is 18.5 Å². The fourth-order valence-electron chi connectivity index (χ4n) is 3.51. The fourth-order valence-corrected chi connectivity index (χ4v) is 3.71. The van der Waals surface area contributed by atoms with Crippen LogP contribution in [0.2, 0.25) is 5.02 Å². The van der Waals surface area contributed by atoms with Crippen molar-refractivity contribution in [3.05, 3.63) is 34.9 Å². The monoisotopic (exact) mass is 403 g/mol. The van der Waals surface area contributed by atoms with Crippen molar-refractivity contribution in [2.45, 2.75) is 52.6 Å². The standard InChI is InChI=1S/C20H26ClN5O2/c1-20(2,3)16(19(28)22-4)25-18(27)15-14-7-5-6-10-26(14)17(24-15)12-8-9-23-11-13(12)21/h8-9,11,16H,5-7,10H2,1-4H3,(H,22,28)(H,25,27)/t16-/m1/s1. The largest absolute Gasteiger partial charge is 0.357 e. The van der Waals surface area contributed by atoms with Gasteiger partial charge in [-0.3, -0.25) is 14.6 Å². The Morgan fingerprint density at radius 1 is 1.29 bits per heavy atom. The number of imidazole rings is 1. The number of amides is 2. The molecule has 1 atom stereocenters. The molecule has 1 aliphatic heterocycles. The second-order valence-electron chi connectivity index (χ2n) is 8.08. The second kappa shape index (κ2) is 7.91. The maximum absolute atomic E-state index is 13.1. The summed E-state index contributed by atoms with van der Waals surface area (Å²) in [6, 6.07) is 1.13. The number of pyridine rings is 1. The number of nitrogens with zero attached hydrogens (tertiary/aromatic N) is 3. The SMILES string of the molecule is CNC(=O)[C@@H](NC(=O)c1nc(-c2ccncc2Cl)n2c1CCCC2)C(C)(C)C. The summed E-state index contributed by atoms with van der Waals surface area (Å²) in [6.07, 6.45) is 6.00. The first kappa shape index (κ1) is 20.3. The van der Waals surface area contributed by atoms with Crippen LogP contribution in [0.25, 0.3) is 11.4 Å². The molecule has 3 rings (SSSR count). The van der Waals surface area contributed by atoms with Crippen molar-refractivity contribution in [2.75, 3.05) is 7.05 Å². The number of nitrogens with one attached hydrogen (secondary N) is 2. The van der Waals surface area contributed by atoms with Gasteiger partial charge in [-0.1, -0.05) is 32.4 Å². The Labute approximate surface area is 169 Å². The third kappa shape index (κ3) is 3.90. The summed E-state index contributed by atoms with van der Waals surface area (Å²) in [4.78, 5) is 34.1. The van der Waals surface area contributed by atoms with Crippen molar-refractivity contribution < 1.29 is 9.59 Å². The van der Waals surface area contributed by atoms with Gasteiger partial charge in [0.15, 0.2) is 0 Å². The summed E-state index contributed by atoms with van der Waals surface area (Å²) >= 11 is 6.33. The summed E-state index contributed by atoms with van der Waals surface area (Å²) in [5.74, 6) is 0.0939. The van der Waals surface area contributed by atoms with Gasteiger partial charge in [0.25, 0.3) is 5.91 Å². The van der Waals surface area contributed by atoms with E-state index < -0.39 is 11.5 Å². The van der Waals surface area contributed by atoms with E-state index in [0.29, 0.717) is 16.5 Å². The zero-order valence-corrected chi connectivity index (χ0v) is 17.4. The smallest absolute Gasteiger partial charge is 0.272 e. The maximum atomic E-state index is 13.1. The molecule has 8 heteroatoms. The number of aromatic nitrogens is 3.